The minimum Gasteiger partial charge on any atom is -0.373 e. The van der Waals surface area contributed by atoms with Crippen LogP contribution in [-0.4, -0.2) is 59.6 Å². The molecular weight excluding hydrogens is 312 g/mol. The van der Waals surface area contributed by atoms with Crippen LogP contribution < -0.4 is 0 Å². The smallest absolute Gasteiger partial charge is 0.225 e. The summed E-state index contributed by atoms with van der Waals surface area (Å²) in [4.78, 5) is 18.3. The Morgan fingerprint density at radius 3 is 3.12 bits per heavy atom. The van der Waals surface area contributed by atoms with Crippen molar-refractivity contribution >= 4 is 5.91 Å². The molecule has 25 heavy (non-hydrogen) atoms. The molecule has 0 N–H and O–H groups in total. The van der Waals surface area contributed by atoms with Crippen LogP contribution in [0.15, 0.2) is 36.0 Å². The molecule has 5 fully saturated rings. The molecule has 5 aliphatic heterocycles. The minimum absolute atomic E-state index is 0.130. The van der Waals surface area contributed by atoms with Crippen molar-refractivity contribution in [1.82, 2.24) is 9.80 Å². The van der Waals surface area contributed by atoms with Gasteiger partial charge in [0.2, 0.25) is 5.91 Å². The lowest BCUT2D eigenvalue weighted by molar-refractivity contribution is -0.161. The van der Waals surface area contributed by atoms with Crippen molar-refractivity contribution in [3.63, 3.8) is 0 Å². The first kappa shape index (κ1) is 13.8. The summed E-state index contributed by atoms with van der Waals surface area (Å²) in [6, 6.07) is 1.30. The van der Waals surface area contributed by atoms with Gasteiger partial charge < -0.3 is 9.64 Å². The first-order valence-corrected chi connectivity index (χ1v) is 10.00. The van der Waals surface area contributed by atoms with Gasteiger partial charge in [0.25, 0.3) is 0 Å². The third kappa shape index (κ3) is 1.37. The molecule has 0 aromatic carbocycles. The van der Waals surface area contributed by atoms with Gasteiger partial charge in [-0.25, -0.2) is 0 Å². The fourth-order valence-electron chi connectivity index (χ4n) is 8.06. The number of amides is 1. The largest absolute Gasteiger partial charge is 0.373 e. The summed E-state index contributed by atoms with van der Waals surface area (Å²) in [7, 11) is 0. The zero-order valence-corrected chi connectivity index (χ0v) is 14.4. The second kappa shape index (κ2) is 4.29. The molecule has 1 saturated carbocycles. The van der Waals surface area contributed by atoms with E-state index >= 15 is 0 Å². The second-order valence-electron chi connectivity index (χ2n) is 9.16. The predicted molar refractivity (Wildman–Crippen MR) is 92.6 cm³/mol. The van der Waals surface area contributed by atoms with Gasteiger partial charge >= 0.3 is 0 Å². The van der Waals surface area contributed by atoms with Gasteiger partial charge in [-0.15, -0.1) is 0 Å². The molecule has 130 valence electrons. The highest BCUT2D eigenvalue weighted by Crippen LogP contribution is 2.67. The Morgan fingerprint density at radius 2 is 2.16 bits per heavy atom. The van der Waals surface area contributed by atoms with Crippen molar-refractivity contribution in [3.05, 3.63) is 36.0 Å². The maximum absolute atomic E-state index is 13.2. The van der Waals surface area contributed by atoms with Crippen LogP contribution in [0.25, 0.3) is 0 Å². The van der Waals surface area contributed by atoms with E-state index in [9.17, 15) is 4.79 Å². The zero-order valence-electron chi connectivity index (χ0n) is 14.4. The Kier molecular flexibility index (Phi) is 2.36. The van der Waals surface area contributed by atoms with Crippen LogP contribution in [0.3, 0.4) is 0 Å². The number of allylic oxidation sites excluding steroid dienone is 2. The second-order valence-corrected chi connectivity index (χ2v) is 9.16. The number of carbonyl (C=O) groups is 1. The van der Waals surface area contributed by atoms with Crippen LogP contribution in [-0.2, 0) is 9.53 Å². The molecule has 2 bridgehead atoms. The molecule has 4 nitrogen and oxygen atoms in total. The van der Waals surface area contributed by atoms with E-state index in [0.29, 0.717) is 48.8 Å². The molecule has 0 aromatic heterocycles. The standard InChI is InChI=1S/C21H24N2O2/c24-18-10-16-19-13-9-17-21(6-7-22(17)11-12(13)5-8-25-16)14-3-1-2-4-15(14)23(18)20(19)21/h1-5,13-17,19-20H,6-11H2/t13-,14?,15?,16?,17-,19-,20?,21+/m0/s1. The van der Waals surface area contributed by atoms with Crippen molar-refractivity contribution in [2.75, 3.05) is 19.7 Å². The van der Waals surface area contributed by atoms with Crippen molar-refractivity contribution in [1.29, 1.82) is 0 Å². The normalized spacial score (nSPS) is 54.4. The number of piperidine rings is 2. The Balaban J connectivity index is 1.51. The summed E-state index contributed by atoms with van der Waals surface area (Å²) in [5.74, 6) is 1.97. The monoisotopic (exact) mass is 336 g/mol. The Labute approximate surface area is 148 Å². The molecule has 7 aliphatic rings. The van der Waals surface area contributed by atoms with Crippen LogP contribution >= 0.6 is 0 Å². The van der Waals surface area contributed by atoms with Crippen LogP contribution in [0.5, 0.6) is 0 Å². The topological polar surface area (TPSA) is 32.8 Å². The number of rotatable bonds is 0. The average Bonchev–Trinajstić information content (AvgIpc) is 3.10. The van der Waals surface area contributed by atoms with Crippen molar-refractivity contribution in [3.8, 4) is 0 Å². The lowest BCUT2D eigenvalue weighted by Gasteiger charge is -2.59. The molecule has 1 spiro atoms. The van der Waals surface area contributed by atoms with E-state index < -0.39 is 0 Å². The van der Waals surface area contributed by atoms with Gasteiger partial charge in [-0.1, -0.05) is 36.0 Å². The maximum atomic E-state index is 13.2. The van der Waals surface area contributed by atoms with Gasteiger partial charge in [0.1, 0.15) is 0 Å². The van der Waals surface area contributed by atoms with Gasteiger partial charge in [-0.2, -0.15) is 0 Å². The van der Waals surface area contributed by atoms with E-state index in [4.69, 9.17) is 4.74 Å². The van der Waals surface area contributed by atoms with E-state index in [-0.39, 0.29) is 17.6 Å². The van der Waals surface area contributed by atoms with E-state index in [2.05, 4.69) is 40.2 Å². The fourth-order valence-corrected chi connectivity index (χ4v) is 8.06. The minimum atomic E-state index is 0.130. The number of hydrogen-bond acceptors (Lipinski definition) is 3. The molecule has 0 radical (unpaired) electrons. The fraction of sp³-hybridized carbons (Fsp3) is 0.667. The Hall–Kier alpha value is -1.39. The highest BCUT2D eigenvalue weighted by Gasteiger charge is 2.73. The SMILES string of the molecule is O=C1CC2OCC=C3CN4CC[C@]56C7C=CC=CC7N1C5[C@H]2[C@H]3C[C@H]46. The molecule has 0 aromatic rings. The van der Waals surface area contributed by atoms with Crippen molar-refractivity contribution in [2.24, 2.45) is 23.2 Å². The van der Waals surface area contributed by atoms with E-state index in [1.54, 1.807) is 5.57 Å². The zero-order chi connectivity index (χ0) is 16.3. The molecular formula is C21H24N2O2. The molecule has 7 rings (SSSR count). The quantitative estimate of drug-likeness (QED) is 0.632. The molecule has 4 heteroatoms. The van der Waals surface area contributed by atoms with Crippen molar-refractivity contribution < 1.29 is 9.53 Å². The number of ether oxygens (including phenoxy) is 1. The van der Waals surface area contributed by atoms with E-state index in [0.717, 1.165) is 6.54 Å². The van der Waals surface area contributed by atoms with Gasteiger partial charge in [0.05, 0.1) is 25.2 Å². The van der Waals surface area contributed by atoms with Crippen LogP contribution in [0.4, 0.5) is 0 Å². The first-order valence-electron chi connectivity index (χ1n) is 10.00. The lowest BCUT2D eigenvalue weighted by atomic mass is 9.52. The molecule has 4 unspecified atom stereocenters. The van der Waals surface area contributed by atoms with Crippen molar-refractivity contribution in [2.45, 2.75) is 43.5 Å². The molecule has 8 atom stereocenters. The average molecular weight is 336 g/mol. The summed E-state index contributed by atoms with van der Waals surface area (Å²) in [6.45, 7) is 3.04. The number of fused-ring (bicyclic) bond motifs is 2. The number of hydrogen-bond donors (Lipinski definition) is 0. The third-order valence-corrected chi connectivity index (χ3v) is 8.71. The molecule has 5 heterocycles. The van der Waals surface area contributed by atoms with E-state index in [1.165, 1.54) is 19.4 Å². The van der Waals surface area contributed by atoms with Gasteiger partial charge in [-0.3, -0.25) is 9.69 Å². The lowest BCUT2D eigenvalue weighted by Crippen LogP contribution is -2.67. The summed E-state index contributed by atoms with van der Waals surface area (Å²) in [5.41, 5.74) is 1.86. The molecule has 4 saturated heterocycles. The van der Waals surface area contributed by atoms with Gasteiger partial charge in [0.15, 0.2) is 0 Å². The van der Waals surface area contributed by atoms with Crippen LogP contribution in [0.2, 0.25) is 0 Å². The Bertz CT molecular complexity index is 770. The number of carbonyl (C=O) groups excluding carboxylic acids is 1. The van der Waals surface area contributed by atoms with E-state index in [1.807, 2.05) is 0 Å². The summed E-state index contributed by atoms with van der Waals surface area (Å²) < 4.78 is 6.27. The van der Waals surface area contributed by atoms with Gasteiger partial charge in [0, 0.05) is 35.9 Å². The molecule has 2 aliphatic carbocycles. The molecule has 1 amide bonds. The third-order valence-electron chi connectivity index (χ3n) is 8.71. The highest BCUT2D eigenvalue weighted by atomic mass is 16.5. The predicted octanol–water partition coefficient (Wildman–Crippen LogP) is 1.75. The van der Waals surface area contributed by atoms with Crippen LogP contribution in [0, 0.1) is 23.2 Å². The first-order chi connectivity index (χ1) is 12.3. The summed E-state index contributed by atoms with van der Waals surface area (Å²) in [6.07, 6.45) is 14.7. The maximum Gasteiger partial charge on any atom is 0.225 e. The highest BCUT2D eigenvalue weighted by molar-refractivity contribution is 5.80. The Morgan fingerprint density at radius 1 is 1.24 bits per heavy atom. The summed E-state index contributed by atoms with van der Waals surface area (Å²) in [5, 5.41) is 0. The van der Waals surface area contributed by atoms with Crippen LogP contribution in [0.1, 0.15) is 19.3 Å². The number of nitrogens with zero attached hydrogens (tertiary/aromatic N) is 2. The van der Waals surface area contributed by atoms with Gasteiger partial charge in [-0.05, 0) is 25.3 Å². The summed E-state index contributed by atoms with van der Waals surface area (Å²) >= 11 is 0.